The highest BCUT2D eigenvalue weighted by atomic mass is 79.9. The van der Waals surface area contributed by atoms with E-state index in [2.05, 4.69) is 36.8 Å². The molecule has 0 aliphatic carbocycles. The lowest BCUT2D eigenvalue weighted by atomic mass is 10.1. The smallest absolute Gasteiger partial charge is 0.299 e. The zero-order valence-corrected chi connectivity index (χ0v) is 13.6. The van der Waals surface area contributed by atoms with Gasteiger partial charge in [-0.25, -0.2) is 4.39 Å². The summed E-state index contributed by atoms with van der Waals surface area (Å²) in [4.78, 5) is 29.4. The van der Waals surface area contributed by atoms with Crippen LogP contribution in [0.3, 0.4) is 0 Å². The Hall–Kier alpha value is -1.60. The van der Waals surface area contributed by atoms with E-state index in [1.807, 2.05) is 0 Å². The Morgan fingerprint density at radius 3 is 2.62 bits per heavy atom. The summed E-state index contributed by atoms with van der Waals surface area (Å²) in [7, 11) is 0. The highest BCUT2D eigenvalue weighted by Gasteiger charge is 2.36. The average Bonchev–Trinajstić information content (AvgIpc) is 2.67. The molecule has 1 aromatic heterocycles. The number of ketones is 1. The molecule has 106 valence electrons. The number of pyridine rings is 1. The summed E-state index contributed by atoms with van der Waals surface area (Å²) in [5, 5.41) is 0. The number of halogens is 3. The summed E-state index contributed by atoms with van der Waals surface area (Å²) in [6.45, 7) is 0.117. The molecule has 3 rings (SSSR count). The first-order valence-electron chi connectivity index (χ1n) is 5.93. The molecule has 0 N–H and O–H groups in total. The summed E-state index contributed by atoms with van der Waals surface area (Å²) in [6, 6.07) is 6.03. The highest BCUT2D eigenvalue weighted by molar-refractivity contribution is 9.10. The second kappa shape index (κ2) is 5.31. The predicted molar refractivity (Wildman–Crippen MR) is 81.6 cm³/mol. The van der Waals surface area contributed by atoms with Gasteiger partial charge in [-0.3, -0.25) is 19.5 Å². The minimum absolute atomic E-state index is 0.117. The van der Waals surface area contributed by atoms with Crippen LogP contribution in [-0.4, -0.2) is 16.7 Å². The number of fused-ring (bicyclic) bond motifs is 1. The molecule has 2 heterocycles. The number of hydrogen-bond acceptors (Lipinski definition) is 3. The van der Waals surface area contributed by atoms with Crippen molar-refractivity contribution >= 4 is 49.2 Å². The number of carbonyl (C=O) groups excluding carboxylic acids is 2. The lowest BCUT2D eigenvalue weighted by Crippen LogP contribution is -2.29. The highest BCUT2D eigenvalue weighted by Crippen LogP contribution is 2.34. The summed E-state index contributed by atoms with van der Waals surface area (Å²) in [5.41, 5.74) is 1.08. The van der Waals surface area contributed by atoms with E-state index in [-0.39, 0.29) is 22.3 Å². The molecular weight excluding hydrogens is 407 g/mol. The number of Topliss-reactive ketones (excluding diaryl/α,β-unsaturated/α-hetero) is 1. The van der Waals surface area contributed by atoms with Crippen LogP contribution in [0.15, 0.2) is 39.4 Å². The molecule has 0 spiro atoms. The number of nitrogens with zero attached hydrogens (tertiary/aromatic N) is 2. The summed E-state index contributed by atoms with van der Waals surface area (Å²) in [6.07, 6.45) is 1.60. The number of aromatic nitrogens is 1. The maximum absolute atomic E-state index is 13.7. The predicted octanol–water partition coefficient (Wildman–Crippen LogP) is 3.48. The molecule has 2 aromatic rings. The minimum Gasteiger partial charge on any atom is -0.299 e. The molecule has 0 saturated heterocycles. The third-order valence-corrected chi connectivity index (χ3v) is 4.20. The molecule has 4 nitrogen and oxygen atoms in total. The first-order chi connectivity index (χ1) is 9.97. The van der Waals surface area contributed by atoms with E-state index in [1.54, 1.807) is 18.3 Å². The number of anilines is 1. The molecule has 7 heteroatoms. The van der Waals surface area contributed by atoms with Gasteiger partial charge in [0.1, 0.15) is 5.82 Å². The first kappa shape index (κ1) is 14.3. The number of hydrogen-bond donors (Lipinski definition) is 0. The van der Waals surface area contributed by atoms with Crippen LogP contribution in [0.2, 0.25) is 0 Å². The van der Waals surface area contributed by atoms with Crippen LogP contribution in [0.1, 0.15) is 16.1 Å². The monoisotopic (exact) mass is 412 g/mol. The van der Waals surface area contributed by atoms with E-state index in [0.29, 0.717) is 5.69 Å². The molecular formula is C14H7Br2FN2O2. The fourth-order valence-corrected chi connectivity index (χ4v) is 2.69. The molecule has 0 fully saturated rings. The van der Waals surface area contributed by atoms with Gasteiger partial charge in [0, 0.05) is 10.7 Å². The average molecular weight is 414 g/mol. The van der Waals surface area contributed by atoms with Crippen molar-refractivity contribution < 1.29 is 14.0 Å². The molecule has 1 aliphatic rings. The fourth-order valence-electron chi connectivity index (χ4n) is 2.11. The van der Waals surface area contributed by atoms with Crippen molar-refractivity contribution in [2.75, 3.05) is 4.90 Å². The van der Waals surface area contributed by atoms with Crippen LogP contribution >= 0.6 is 31.9 Å². The van der Waals surface area contributed by atoms with Crippen LogP contribution in [0.4, 0.5) is 10.1 Å². The number of amides is 1. The van der Waals surface area contributed by atoms with Gasteiger partial charge in [0.05, 0.1) is 28.0 Å². The Morgan fingerprint density at radius 2 is 1.95 bits per heavy atom. The molecule has 0 saturated carbocycles. The fraction of sp³-hybridized carbons (Fsp3) is 0.0714. The van der Waals surface area contributed by atoms with Crippen molar-refractivity contribution in [2.24, 2.45) is 0 Å². The first-order valence-corrected chi connectivity index (χ1v) is 7.51. The Labute approximate surface area is 136 Å². The van der Waals surface area contributed by atoms with E-state index in [9.17, 15) is 14.0 Å². The van der Waals surface area contributed by atoms with Gasteiger partial charge in [-0.1, -0.05) is 0 Å². The van der Waals surface area contributed by atoms with E-state index < -0.39 is 17.5 Å². The zero-order valence-electron chi connectivity index (χ0n) is 10.4. The van der Waals surface area contributed by atoms with Gasteiger partial charge in [0.15, 0.2) is 0 Å². The van der Waals surface area contributed by atoms with Crippen molar-refractivity contribution in [2.45, 2.75) is 6.54 Å². The van der Waals surface area contributed by atoms with Gasteiger partial charge < -0.3 is 0 Å². The molecule has 21 heavy (non-hydrogen) atoms. The lowest BCUT2D eigenvalue weighted by molar-refractivity contribution is -0.114. The van der Waals surface area contributed by atoms with Gasteiger partial charge in [-0.2, -0.15) is 0 Å². The van der Waals surface area contributed by atoms with Crippen molar-refractivity contribution in [3.8, 4) is 0 Å². The van der Waals surface area contributed by atoms with Crippen LogP contribution in [0.5, 0.6) is 0 Å². The van der Waals surface area contributed by atoms with E-state index in [0.717, 1.165) is 4.47 Å². The van der Waals surface area contributed by atoms with Crippen molar-refractivity contribution in [3.05, 3.63) is 56.5 Å². The quantitative estimate of drug-likeness (QED) is 0.708. The normalized spacial score (nSPS) is 13.8. The maximum Gasteiger partial charge on any atom is 0.299 e. The van der Waals surface area contributed by atoms with Crippen LogP contribution in [0.25, 0.3) is 0 Å². The third-order valence-electron chi connectivity index (χ3n) is 3.12. The van der Waals surface area contributed by atoms with Crippen LogP contribution in [0, 0.1) is 5.82 Å². The topological polar surface area (TPSA) is 50.3 Å². The van der Waals surface area contributed by atoms with Crippen LogP contribution < -0.4 is 4.90 Å². The zero-order chi connectivity index (χ0) is 15.1. The minimum atomic E-state index is -0.674. The van der Waals surface area contributed by atoms with E-state index in [4.69, 9.17) is 0 Å². The lowest BCUT2D eigenvalue weighted by Gasteiger charge is -2.16. The van der Waals surface area contributed by atoms with Gasteiger partial charge in [0.25, 0.3) is 11.7 Å². The number of rotatable bonds is 2. The number of carbonyl (C=O) groups is 2. The SMILES string of the molecule is O=C1C(=O)N(Cc2ccc(Br)cn2)c2cc(F)c(Br)cc21. The Morgan fingerprint density at radius 1 is 1.19 bits per heavy atom. The molecule has 0 atom stereocenters. The largest absolute Gasteiger partial charge is 0.299 e. The molecule has 1 amide bonds. The van der Waals surface area contributed by atoms with Crippen molar-refractivity contribution in [3.63, 3.8) is 0 Å². The molecule has 0 unspecified atom stereocenters. The maximum atomic E-state index is 13.7. The second-order valence-electron chi connectivity index (χ2n) is 4.47. The summed E-state index contributed by atoms with van der Waals surface area (Å²) >= 11 is 6.29. The van der Waals surface area contributed by atoms with E-state index >= 15 is 0 Å². The van der Waals surface area contributed by atoms with Gasteiger partial charge >= 0.3 is 0 Å². The van der Waals surface area contributed by atoms with Gasteiger partial charge in [0.2, 0.25) is 0 Å². The molecule has 1 aliphatic heterocycles. The Balaban J connectivity index is 2.01. The molecule has 1 aromatic carbocycles. The second-order valence-corrected chi connectivity index (χ2v) is 6.24. The van der Waals surface area contributed by atoms with Crippen molar-refractivity contribution in [1.82, 2.24) is 4.98 Å². The standard InChI is InChI=1S/C14H7Br2FN2O2/c15-7-1-2-8(18-5-7)6-19-12-4-11(17)10(16)3-9(12)13(20)14(19)21/h1-5H,6H2. The molecule has 0 bridgehead atoms. The van der Waals surface area contributed by atoms with Gasteiger partial charge in [-0.15, -0.1) is 0 Å². The Kier molecular flexibility index (Phi) is 3.62. The van der Waals surface area contributed by atoms with Crippen LogP contribution in [-0.2, 0) is 11.3 Å². The number of benzene rings is 1. The molecule has 0 radical (unpaired) electrons. The summed E-state index contributed by atoms with van der Waals surface area (Å²) in [5.74, 6) is -1.83. The third kappa shape index (κ3) is 2.51. The van der Waals surface area contributed by atoms with Gasteiger partial charge in [-0.05, 0) is 56.1 Å². The Bertz CT molecular complexity index is 762. The summed E-state index contributed by atoms with van der Waals surface area (Å²) < 4.78 is 14.6. The van der Waals surface area contributed by atoms with E-state index in [1.165, 1.54) is 17.0 Å². The van der Waals surface area contributed by atoms with Crippen molar-refractivity contribution in [1.29, 1.82) is 0 Å².